The van der Waals surface area contributed by atoms with E-state index < -0.39 is 4.92 Å². The fourth-order valence-corrected chi connectivity index (χ4v) is 2.86. The van der Waals surface area contributed by atoms with Gasteiger partial charge in [0.05, 0.1) is 18.1 Å². The Bertz CT molecular complexity index is 504. The molecular formula is C15H22N2O4. The number of aliphatic hydroxyl groups excluding tert-OH is 1. The first-order valence-electron chi connectivity index (χ1n) is 7.23. The van der Waals surface area contributed by atoms with E-state index in [9.17, 15) is 15.2 Å². The highest BCUT2D eigenvalue weighted by Crippen LogP contribution is 2.29. The van der Waals surface area contributed by atoms with Gasteiger partial charge >= 0.3 is 5.69 Å². The Morgan fingerprint density at radius 3 is 2.95 bits per heavy atom. The molecule has 21 heavy (non-hydrogen) atoms. The van der Waals surface area contributed by atoms with E-state index in [1.54, 1.807) is 12.1 Å². The number of likely N-dealkylation sites (tertiary alicyclic amines) is 1. The Morgan fingerprint density at radius 2 is 2.33 bits per heavy atom. The molecule has 116 valence electrons. The molecular weight excluding hydrogens is 272 g/mol. The summed E-state index contributed by atoms with van der Waals surface area (Å²) in [5.41, 5.74) is 0.896. The van der Waals surface area contributed by atoms with Gasteiger partial charge in [-0.3, -0.25) is 15.0 Å². The van der Waals surface area contributed by atoms with Crippen LogP contribution in [0.5, 0.6) is 5.75 Å². The van der Waals surface area contributed by atoms with Crippen molar-refractivity contribution in [2.45, 2.75) is 32.4 Å². The van der Waals surface area contributed by atoms with Crippen molar-refractivity contribution < 1.29 is 14.8 Å². The van der Waals surface area contributed by atoms with Crippen molar-refractivity contribution in [3.05, 3.63) is 33.9 Å². The molecule has 2 atom stereocenters. The molecule has 1 fully saturated rings. The zero-order valence-corrected chi connectivity index (χ0v) is 12.5. The molecule has 2 rings (SSSR count). The first-order valence-corrected chi connectivity index (χ1v) is 7.23. The van der Waals surface area contributed by atoms with Crippen LogP contribution in [0.2, 0.25) is 0 Å². The first-order chi connectivity index (χ1) is 10.0. The number of hydrogen-bond donors (Lipinski definition) is 1. The summed E-state index contributed by atoms with van der Waals surface area (Å²) in [4.78, 5) is 12.9. The molecule has 1 aromatic rings. The molecule has 0 bridgehead atoms. The summed E-state index contributed by atoms with van der Waals surface area (Å²) < 4.78 is 5.01. The summed E-state index contributed by atoms with van der Waals surface area (Å²) in [6, 6.07) is 5.08. The lowest BCUT2D eigenvalue weighted by atomic mass is 9.93. The Labute approximate surface area is 124 Å². The van der Waals surface area contributed by atoms with Crippen LogP contribution in [0.4, 0.5) is 5.69 Å². The van der Waals surface area contributed by atoms with Crippen LogP contribution in [-0.2, 0) is 6.54 Å². The summed E-state index contributed by atoms with van der Waals surface area (Å²) in [6.45, 7) is 4.28. The van der Waals surface area contributed by atoms with Crippen molar-refractivity contribution in [3.8, 4) is 5.75 Å². The van der Waals surface area contributed by atoms with Crippen molar-refractivity contribution in [3.63, 3.8) is 0 Å². The van der Waals surface area contributed by atoms with Crippen LogP contribution in [0.1, 0.15) is 25.3 Å². The molecule has 1 aliphatic heterocycles. The number of benzene rings is 1. The number of nitro benzene ring substituents is 1. The second-order valence-electron chi connectivity index (χ2n) is 5.64. The van der Waals surface area contributed by atoms with Gasteiger partial charge in [-0.1, -0.05) is 6.07 Å². The van der Waals surface area contributed by atoms with E-state index in [4.69, 9.17) is 4.74 Å². The topological polar surface area (TPSA) is 75.8 Å². The molecule has 6 heteroatoms. The Hall–Kier alpha value is -1.66. The fourth-order valence-electron chi connectivity index (χ4n) is 2.86. The van der Waals surface area contributed by atoms with Crippen molar-refractivity contribution in [1.82, 2.24) is 4.90 Å². The van der Waals surface area contributed by atoms with E-state index in [1.165, 1.54) is 7.11 Å². The number of nitro groups is 1. The van der Waals surface area contributed by atoms with Gasteiger partial charge in [-0.2, -0.15) is 0 Å². The number of ether oxygens (including phenoxy) is 1. The van der Waals surface area contributed by atoms with E-state index in [1.807, 2.05) is 13.0 Å². The molecule has 0 aliphatic carbocycles. The van der Waals surface area contributed by atoms with E-state index in [-0.39, 0.29) is 23.5 Å². The zero-order chi connectivity index (χ0) is 15.4. The molecule has 6 nitrogen and oxygen atoms in total. The van der Waals surface area contributed by atoms with Gasteiger partial charge in [0.25, 0.3) is 0 Å². The maximum absolute atomic E-state index is 11.0. The summed E-state index contributed by atoms with van der Waals surface area (Å²) in [7, 11) is 1.43. The zero-order valence-electron chi connectivity index (χ0n) is 12.5. The van der Waals surface area contributed by atoms with Gasteiger partial charge < -0.3 is 9.84 Å². The van der Waals surface area contributed by atoms with Crippen LogP contribution in [0.3, 0.4) is 0 Å². The normalized spacial score (nSPS) is 21.0. The molecule has 1 aromatic carbocycles. The van der Waals surface area contributed by atoms with Gasteiger partial charge in [0, 0.05) is 19.2 Å². The third kappa shape index (κ3) is 3.92. The molecule has 0 radical (unpaired) electrons. The first kappa shape index (κ1) is 15.7. The number of rotatable bonds is 5. The largest absolute Gasteiger partial charge is 0.490 e. The van der Waals surface area contributed by atoms with Gasteiger partial charge in [0.15, 0.2) is 5.75 Å². The summed E-state index contributed by atoms with van der Waals surface area (Å²) in [5.74, 6) is 0.566. The molecule has 0 saturated carbocycles. The summed E-state index contributed by atoms with van der Waals surface area (Å²) in [6.07, 6.45) is 1.78. The van der Waals surface area contributed by atoms with E-state index in [2.05, 4.69) is 4.90 Å². The Kier molecular flexibility index (Phi) is 5.14. The van der Waals surface area contributed by atoms with Crippen LogP contribution in [0.15, 0.2) is 18.2 Å². The monoisotopic (exact) mass is 294 g/mol. The lowest BCUT2D eigenvalue weighted by Crippen LogP contribution is -2.39. The minimum absolute atomic E-state index is 0.000847. The second-order valence-corrected chi connectivity index (χ2v) is 5.64. The van der Waals surface area contributed by atoms with E-state index in [0.717, 1.165) is 31.5 Å². The summed E-state index contributed by atoms with van der Waals surface area (Å²) >= 11 is 0. The van der Waals surface area contributed by atoms with Crippen LogP contribution in [0.25, 0.3) is 0 Å². The lowest BCUT2D eigenvalue weighted by molar-refractivity contribution is -0.385. The van der Waals surface area contributed by atoms with E-state index in [0.29, 0.717) is 6.54 Å². The maximum atomic E-state index is 11.0. The Balaban J connectivity index is 2.09. The number of piperidine rings is 1. The highest BCUT2D eigenvalue weighted by Gasteiger charge is 2.24. The Morgan fingerprint density at radius 1 is 1.57 bits per heavy atom. The smallest absolute Gasteiger partial charge is 0.311 e. The van der Waals surface area contributed by atoms with Crippen molar-refractivity contribution in [2.75, 3.05) is 20.2 Å². The predicted octanol–water partition coefficient (Wildman–Crippen LogP) is 2.20. The molecule has 1 aliphatic rings. The summed E-state index contributed by atoms with van der Waals surface area (Å²) in [5, 5.41) is 20.8. The molecule has 0 amide bonds. The lowest BCUT2D eigenvalue weighted by Gasteiger charge is -2.34. The molecule has 0 spiro atoms. The molecule has 0 aromatic heterocycles. The number of methoxy groups -OCH3 is 1. The average Bonchev–Trinajstić information content (AvgIpc) is 2.47. The van der Waals surface area contributed by atoms with Crippen LogP contribution >= 0.6 is 0 Å². The minimum Gasteiger partial charge on any atom is -0.490 e. The van der Waals surface area contributed by atoms with Gasteiger partial charge in [0.1, 0.15) is 0 Å². The molecule has 1 N–H and O–H groups in total. The quantitative estimate of drug-likeness (QED) is 0.665. The molecule has 2 unspecified atom stereocenters. The predicted molar refractivity (Wildman–Crippen MR) is 79.3 cm³/mol. The number of aliphatic hydroxyl groups is 1. The molecule has 1 heterocycles. The van der Waals surface area contributed by atoms with Crippen LogP contribution in [-0.4, -0.2) is 41.2 Å². The number of nitrogens with zero attached hydrogens (tertiary/aromatic N) is 2. The third-order valence-electron chi connectivity index (χ3n) is 4.07. The average molecular weight is 294 g/mol. The standard InChI is InChI=1S/C15H22N2O4/c1-11(18)13-4-3-7-16(10-13)9-12-5-6-15(21-2)14(8-12)17(19)20/h5-6,8,11,13,18H,3-4,7,9-10H2,1-2H3. The third-order valence-corrected chi connectivity index (χ3v) is 4.07. The van der Waals surface area contributed by atoms with Crippen molar-refractivity contribution in [2.24, 2.45) is 5.92 Å². The van der Waals surface area contributed by atoms with Gasteiger partial charge in [-0.05, 0) is 43.9 Å². The van der Waals surface area contributed by atoms with Gasteiger partial charge in [-0.15, -0.1) is 0 Å². The van der Waals surface area contributed by atoms with Crippen LogP contribution in [0, 0.1) is 16.0 Å². The van der Waals surface area contributed by atoms with Crippen LogP contribution < -0.4 is 4.74 Å². The van der Waals surface area contributed by atoms with Gasteiger partial charge in [0.2, 0.25) is 0 Å². The fraction of sp³-hybridized carbons (Fsp3) is 0.600. The second kappa shape index (κ2) is 6.87. The maximum Gasteiger partial charge on any atom is 0.311 e. The van der Waals surface area contributed by atoms with Crippen molar-refractivity contribution >= 4 is 5.69 Å². The SMILES string of the molecule is COc1ccc(CN2CCCC(C(C)O)C2)cc1[N+](=O)[O-]. The number of hydrogen-bond acceptors (Lipinski definition) is 5. The van der Waals surface area contributed by atoms with Gasteiger partial charge in [-0.25, -0.2) is 0 Å². The van der Waals surface area contributed by atoms with E-state index >= 15 is 0 Å². The van der Waals surface area contributed by atoms with Crippen molar-refractivity contribution in [1.29, 1.82) is 0 Å². The highest BCUT2D eigenvalue weighted by atomic mass is 16.6. The minimum atomic E-state index is -0.420. The highest BCUT2D eigenvalue weighted by molar-refractivity contribution is 5.48. The molecule has 1 saturated heterocycles.